The van der Waals surface area contributed by atoms with Crippen LogP contribution in [-0.2, 0) is 9.63 Å². The Morgan fingerprint density at radius 3 is 2.78 bits per heavy atom. The maximum Gasteiger partial charge on any atom is 0.131 e. The number of carbonyl (C=O) groups is 1. The van der Waals surface area contributed by atoms with Crippen LogP contribution in [0.15, 0.2) is 0 Å². The molecule has 0 aliphatic rings. The van der Waals surface area contributed by atoms with Crippen molar-refractivity contribution < 1.29 is 9.63 Å². The summed E-state index contributed by atoms with van der Waals surface area (Å²) in [6, 6.07) is 0. The average molecular weight is 131 g/mol. The van der Waals surface area contributed by atoms with Crippen LogP contribution in [0.4, 0.5) is 0 Å². The Balaban J connectivity index is 2.83. The van der Waals surface area contributed by atoms with E-state index in [0.29, 0.717) is 19.6 Å². The first-order valence-corrected chi connectivity index (χ1v) is 3.11. The van der Waals surface area contributed by atoms with Gasteiger partial charge >= 0.3 is 0 Å². The highest BCUT2D eigenvalue weighted by molar-refractivity contribution is 5.75. The van der Waals surface area contributed by atoms with Gasteiger partial charge in [0.2, 0.25) is 0 Å². The Morgan fingerprint density at radius 2 is 2.33 bits per heavy atom. The number of Topliss-reactive ketones (excluding diaryl/α,β-unsaturated/α-hetero) is 1. The minimum absolute atomic E-state index is 0.183. The standard InChI is InChI=1S/C6H13NO2/c1-3-9-7-5-4-6(2)8/h7H,3-5H2,1-2H3. The van der Waals surface area contributed by atoms with Crippen LogP contribution >= 0.6 is 0 Å². The summed E-state index contributed by atoms with van der Waals surface area (Å²) in [6.07, 6.45) is 0.542. The summed E-state index contributed by atoms with van der Waals surface area (Å²) in [6.45, 7) is 4.70. The summed E-state index contributed by atoms with van der Waals surface area (Å²) in [4.78, 5) is 15.1. The fourth-order valence-corrected chi connectivity index (χ4v) is 0.401. The minimum Gasteiger partial charge on any atom is -0.302 e. The molecule has 0 unspecified atom stereocenters. The summed E-state index contributed by atoms with van der Waals surface area (Å²) >= 11 is 0. The number of rotatable bonds is 5. The van der Waals surface area contributed by atoms with E-state index in [9.17, 15) is 4.79 Å². The molecule has 0 aromatic carbocycles. The quantitative estimate of drug-likeness (QED) is 0.436. The van der Waals surface area contributed by atoms with Crippen LogP contribution in [0.5, 0.6) is 0 Å². The molecule has 0 rings (SSSR count). The lowest BCUT2D eigenvalue weighted by molar-refractivity contribution is -0.117. The fourth-order valence-electron chi connectivity index (χ4n) is 0.401. The third kappa shape index (κ3) is 7.59. The highest BCUT2D eigenvalue weighted by Crippen LogP contribution is 1.77. The third-order valence-corrected chi connectivity index (χ3v) is 0.826. The lowest BCUT2D eigenvalue weighted by Gasteiger charge is -1.99. The van der Waals surface area contributed by atoms with Crippen molar-refractivity contribution in [2.24, 2.45) is 0 Å². The van der Waals surface area contributed by atoms with Gasteiger partial charge in [0.15, 0.2) is 0 Å². The molecule has 0 radical (unpaired) electrons. The first-order chi connectivity index (χ1) is 4.27. The molecule has 0 aliphatic carbocycles. The van der Waals surface area contributed by atoms with E-state index in [1.54, 1.807) is 6.92 Å². The van der Waals surface area contributed by atoms with Gasteiger partial charge < -0.3 is 4.84 Å². The fraction of sp³-hybridized carbons (Fsp3) is 0.833. The van der Waals surface area contributed by atoms with Gasteiger partial charge in [-0.2, -0.15) is 0 Å². The predicted molar refractivity (Wildman–Crippen MR) is 34.9 cm³/mol. The second-order valence-corrected chi connectivity index (χ2v) is 1.78. The number of hydrogen-bond acceptors (Lipinski definition) is 3. The van der Waals surface area contributed by atoms with Crippen LogP contribution in [0.3, 0.4) is 0 Å². The SMILES string of the molecule is CCONCCC(C)=O. The van der Waals surface area contributed by atoms with Crippen molar-refractivity contribution in [2.75, 3.05) is 13.2 Å². The zero-order valence-corrected chi connectivity index (χ0v) is 5.94. The van der Waals surface area contributed by atoms with E-state index in [1.807, 2.05) is 6.92 Å². The van der Waals surface area contributed by atoms with Crippen LogP contribution in [0.2, 0.25) is 0 Å². The summed E-state index contributed by atoms with van der Waals surface area (Å²) < 4.78 is 0. The molecule has 0 spiro atoms. The molecule has 3 nitrogen and oxygen atoms in total. The van der Waals surface area contributed by atoms with Gasteiger partial charge in [0, 0.05) is 13.0 Å². The lowest BCUT2D eigenvalue weighted by atomic mass is 10.3. The normalized spacial score (nSPS) is 9.56. The van der Waals surface area contributed by atoms with Crippen molar-refractivity contribution in [3.8, 4) is 0 Å². The summed E-state index contributed by atoms with van der Waals surface area (Å²) in [5.41, 5.74) is 2.65. The number of hydrogen-bond donors (Lipinski definition) is 1. The first-order valence-electron chi connectivity index (χ1n) is 3.11. The molecule has 1 N–H and O–H groups in total. The predicted octanol–water partition coefficient (Wildman–Crippen LogP) is 0.507. The van der Waals surface area contributed by atoms with Crippen LogP contribution in [0, 0.1) is 0 Å². The molecule has 0 aromatic heterocycles. The number of carbonyl (C=O) groups excluding carboxylic acids is 1. The second-order valence-electron chi connectivity index (χ2n) is 1.78. The van der Waals surface area contributed by atoms with Gasteiger partial charge in [-0.05, 0) is 13.8 Å². The largest absolute Gasteiger partial charge is 0.302 e. The molecule has 0 saturated carbocycles. The van der Waals surface area contributed by atoms with E-state index in [2.05, 4.69) is 5.48 Å². The number of hydroxylamine groups is 1. The van der Waals surface area contributed by atoms with Gasteiger partial charge in [0.05, 0.1) is 6.61 Å². The van der Waals surface area contributed by atoms with Gasteiger partial charge in [0.25, 0.3) is 0 Å². The van der Waals surface area contributed by atoms with Gasteiger partial charge in [-0.1, -0.05) is 0 Å². The van der Waals surface area contributed by atoms with E-state index in [-0.39, 0.29) is 5.78 Å². The van der Waals surface area contributed by atoms with Crippen molar-refractivity contribution in [3.63, 3.8) is 0 Å². The molecule has 0 aliphatic heterocycles. The highest BCUT2D eigenvalue weighted by atomic mass is 16.6. The van der Waals surface area contributed by atoms with E-state index in [1.165, 1.54) is 0 Å². The first kappa shape index (κ1) is 8.59. The molecule has 0 fully saturated rings. The van der Waals surface area contributed by atoms with Gasteiger partial charge in [-0.3, -0.25) is 4.79 Å². The number of nitrogens with one attached hydrogen (secondary N) is 1. The molecular formula is C6H13NO2. The zero-order valence-electron chi connectivity index (χ0n) is 5.94. The monoisotopic (exact) mass is 131 g/mol. The maximum atomic E-state index is 10.3. The topological polar surface area (TPSA) is 38.3 Å². The highest BCUT2D eigenvalue weighted by Gasteiger charge is 1.89. The molecule has 9 heavy (non-hydrogen) atoms. The Hall–Kier alpha value is -0.410. The Morgan fingerprint density at radius 1 is 1.67 bits per heavy atom. The molecule has 0 bridgehead atoms. The van der Waals surface area contributed by atoms with Crippen molar-refractivity contribution in [3.05, 3.63) is 0 Å². The van der Waals surface area contributed by atoms with Crippen LogP contribution in [0.25, 0.3) is 0 Å². The van der Waals surface area contributed by atoms with Gasteiger partial charge in [-0.15, -0.1) is 0 Å². The molecular weight excluding hydrogens is 118 g/mol. The Kier molecular flexibility index (Phi) is 5.46. The van der Waals surface area contributed by atoms with E-state index in [0.717, 1.165) is 0 Å². The molecule has 54 valence electrons. The molecule has 0 heterocycles. The molecule has 3 heteroatoms. The lowest BCUT2D eigenvalue weighted by Crippen LogP contribution is -2.17. The summed E-state index contributed by atoms with van der Waals surface area (Å²) in [7, 11) is 0. The van der Waals surface area contributed by atoms with E-state index in [4.69, 9.17) is 4.84 Å². The third-order valence-electron chi connectivity index (χ3n) is 0.826. The maximum absolute atomic E-state index is 10.3. The summed E-state index contributed by atoms with van der Waals surface area (Å²) in [5, 5.41) is 0. The van der Waals surface area contributed by atoms with Crippen molar-refractivity contribution in [1.82, 2.24) is 5.48 Å². The summed E-state index contributed by atoms with van der Waals surface area (Å²) in [5.74, 6) is 0.183. The van der Waals surface area contributed by atoms with Crippen molar-refractivity contribution >= 4 is 5.78 Å². The Bertz CT molecular complexity index is 83.1. The zero-order chi connectivity index (χ0) is 7.11. The molecule has 0 aromatic rings. The molecule has 0 saturated heterocycles. The number of ketones is 1. The minimum atomic E-state index is 0.183. The van der Waals surface area contributed by atoms with Crippen LogP contribution < -0.4 is 5.48 Å². The van der Waals surface area contributed by atoms with E-state index < -0.39 is 0 Å². The van der Waals surface area contributed by atoms with Crippen LogP contribution in [0.1, 0.15) is 20.3 Å². The Labute approximate surface area is 55.3 Å². The molecule has 0 amide bonds. The smallest absolute Gasteiger partial charge is 0.131 e. The molecule has 0 atom stereocenters. The average Bonchev–Trinajstić information content (AvgIpc) is 1.80. The van der Waals surface area contributed by atoms with Gasteiger partial charge in [0.1, 0.15) is 5.78 Å². The van der Waals surface area contributed by atoms with Crippen molar-refractivity contribution in [1.29, 1.82) is 0 Å². The second kappa shape index (κ2) is 5.72. The van der Waals surface area contributed by atoms with Crippen LogP contribution in [-0.4, -0.2) is 18.9 Å². The van der Waals surface area contributed by atoms with E-state index >= 15 is 0 Å². The van der Waals surface area contributed by atoms with Gasteiger partial charge in [-0.25, -0.2) is 5.48 Å². The van der Waals surface area contributed by atoms with Crippen molar-refractivity contribution in [2.45, 2.75) is 20.3 Å².